The van der Waals surface area contributed by atoms with Gasteiger partial charge in [0, 0.05) is 6.92 Å². The van der Waals surface area contributed by atoms with E-state index in [9.17, 15) is 5.11 Å². The summed E-state index contributed by atoms with van der Waals surface area (Å²) in [5, 5.41) is 17.0. The molecule has 0 aliphatic carbocycles. The maximum atomic E-state index is 9.55. The van der Waals surface area contributed by atoms with Crippen molar-refractivity contribution < 1.29 is 41.1 Å². The van der Waals surface area contributed by atoms with Crippen LogP contribution in [0.3, 0.4) is 0 Å². The van der Waals surface area contributed by atoms with E-state index >= 15 is 0 Å². The zero-order valence-corrected chi connectivity index (χ0v) is 16.7. The van der Waals surface area contributed by atoms with Crippen molar-refractivity contribution in [3.05, 3.63) is 54.1 Å². The summed E-state index contributed by atoms with van der Waals surface area (Å²) in [6.45, 7) is 1.08. The van der Waals surface area contributed by atoms with Crippen molar-refractivity contribution in [2.24, 2.45) is 4.99 Å². The first-order chi connectivity index (χ1) is 9.49. The van der Waals surface area contributed by atoms with E-state index < -0.39 is 5.97 Å². The molecule has 0 atom stereocenters. The van der Waals surface area contributed by atoms with Crippen LogP contribution in [0.4, 0.5) is 5.69 Å². The molecule has 99 valence electrons. The third-order valence-corrected chi connectivity index (χ3v) is 4.06. The average Bonchev–Trinajstić information content (AvgIpc) is 2.39. The second-order valence-electron chi connectivity index (χ2n) is 4.00. The van der Waals surface area contributed by atoms with Gasteiger partial charge in [-0.15, -0.1) is 0 Å². The Hall–Kier alpha value is -1.68. The third kappa shape index (κ3) is 6.47. The Labute approximate surface area is 133 Å². The summed E-state index contributed by atoms with van der Waals surface area (Å²) in [6, 6.07) is 15.4. The number of hydrogen-bond acceptors (Lipinski definition) is 3. The van der Waals surface area contributed by atoms with Gasteiger partial charge in [-0.1, -0.05) is 0 Å². The molecule has 0 aromatic heterocycles. The molecule has 0 saturated carbocycles. The van der Waals surface area contributed by atoms with E-state index in [2.05, 4.69) is 17.1 Å². The Morgan fingerprint density at radius 2 is 1.70 bits per heavy atom. The number of carboxylic acids is 1. The van der Waals surface area contributed by atoms with Crippen molar-refractivity contribution in [1.82, 2.24) is 0 Å². The Kier molecular flexibility index (Phi) is 6.94. The number of carbonyl (C=O) groups is 1. The van der Waals surface area contributed by atoms with Crippen LogP contribution in [0, 0.1) is 0 Å². The first-order valence-electron chi connectivity index (χ1n) is 5.92. The molecule has 0 aliphatic heterocycles. The normalized spacial score (nSPS) is 9.95. The fourth-order valence-electron chi connectivity index (χ4n) is 1.32. The molecule has 2 aromatic rings. The summed E-state index contributed by atoms with van der Waals surface area (Å²) >= 11 is 0.666. The van der Waals surface area contributed by atoms with Gasteiger partial charge in [-0.05, 0) is 0 Å². The number of aliphatic imine (C=N–C) groups is 1. The molecule has 0 spiro atoms. The van der Waals surface area contributed by atoms with Crippen molar-refractivity contribution >= 4 is 20.9 Å². The molecule has 0 heterocycles. The Morgan fingerprint density at radius 1 is 1.15 bits per heavy atom. The van der Waals surface area contributed by atoms with Crippen molar-refractivity contribution in [3.63, 3.8) is 0 Å². The fraction of sp³-hybridized carbons (Fsp3) is 0.0667. The number of benzene rings is 2. The monoisotopic (exact) mass is 458 g/mol. The van der Waals surface area contributed by atoms with Crippen molar-refractivity contribution in [3.8, 4) is 5.75 Å². The van der Waals surface area contributed by atoms with E-state index in [4.69, 9.17) is 9.90 Å². The third-order valence-electron chi connectivity index (χ3n) is 2.23. The van der Waals surface area contributed by atoms with E-state index in [0.29, 0.717) is 26.1 Å². The van der Waals surface area contributed by atoms with Crippen molar-refractivity contribution in [2.75, 3.05) is 0 Å². The summed E-state index contributed by atoms with van der Waals surface area (Å²) < 4.78 is 1.40. The molecule has 0 bridgehead atoms. The average molecular weight is 457 g/mol. The topological polar surface area (TPSA) is 69.9 Å². The van der Waals surface area contributed by atoms with Gasteiger partial charge in [0.05, 0.1) is 0 Å². The summed E-state index contributed by atoms with van der Waals surface area (Å²) in [5.41, 5.74) is 1.65. The van der Waals surface area contributed by atoms with Crippen molar-refractivity contribution in [1.29, 1.82) is 0 Å². The molecule has 0 saturated heterocycles. The Balaban J connectivity index is 0.000000444. The summed E-state index contributed by atoms with van der Waals surface area (Å²) in [5.74, 6) is -0.575. The first kappa shape index (κ1) is 16.4. The van der Waals surface area contributed by atoms with E-state index in [1.165, 1.54) is 3.07 Å². The SMILES string of the molecule is CC(=O)O.Oc1ccccc1C=Nc1cc[c]([Hg])cc1. The number of phenols is 1. The molecule has 20 heavy (non-hydrogen) atoms. The minimum absolute atomic E-state index is 0.258. The second-order valence-corrected chi connectivity index (χ2v) is 7.18. The second kappa shape index (κ2) is 8.48. The van der Waals surface area contributed by atoms with E-state index in [1.54, 1.807) is 18.3 Å². The number of aromatic hydroxyl groups is 1. The van der Waals surface area contributed by atoms with Crippen molar-refractivity contribution in [2.45, 2.75) is 6.92 Å². The molecule has 0 radical (unpaired) electrons. The Bertz CT molecular complexity index is 590. The predicted molar refractivity (Wildman–Crippen MR) is 74.7 cm³/mol. The maximum absolute atomic E-state index is 9.55. The van der Waals surface area contributed by atoms with Gasteiger partial charge < -0.3 is 5.11 Å². The number of rotatable bonds is 2. The number of para-hydroxylation sites is 1. The van der Waals surface area contributed by atoms with E-state index in [-0.39, 0.29) is 5.75 Å². The van der Waals surface area contributed by atoms with Crippen LogP contribution in [0.15, 0.2) is 53.5 Å². The quantitative estimate of drug-likeness (QED) is 0.538. The van der Waals surface area contributed by atoms with Crippen LogP contribution in [0.2, 0.25) is 0 Å². The van der Waals surface area contributed by atoms with Crippen LogP contribution in [0.25, 0.3) is 0 Å². The van der Waals surface area contributed by atoms with Crippen LogP contribution >= 0.6 is 0 Å². The summed E-state index contributed by atoms with van der Waals surface area (Å²) in [7, 11) is 0. The Morgan fingerprint density at radius 3 is 2.25 bits per heavy atom. The van der Waals surface area contributed by atoms with E-state index in [0.717, 1.165) is 18.2 Å². The summed E-state index contributed by atoms with van der Waals surface area (Å²) in [4.78, 5) is 13.3. The number of carboxylic acid groups (broad SMARTS) is 1. The van der Waals surface area contributed by atoms with Gasteiger partial charge in [-0.3, -0.25) is 4.79 Å². The molecule has 0 unspecified atom stereocenters. The van der Waals surface area contributed by atoms with Crippen LogP contribution in [0.5, 0.6) is 5.75 Å². The van der Waals surface area contributed by atoms with E-state index in [1.807, 2.05) is 24.3 Å². The molecule has 0 aliphatic rings. The van der Waals surface area contributed by atoms with Gasteiger partial charge in [0.15, 0.2) is 0 Å². The fourth-order valence-corrected chi connectivity index (χ4v) is 2.24. The molecule has 2 rings (SSSR count). The number of aliphatic carboxylic acids is 1. The van der Waals surface area contributed by atoms with Gasteiger partial charge in [0.1, 0.15) is 0 Å². The standard InChI is InChI=1S/C13H10NO.C2H4O2.Hg/c15-13-9-5-4-6-11(13)10-14-12-7-2-1-3-8-12;1-2(3)4;/h2-10,15H;1H3,(H,3,4);. The zero-order chi connectivity index (χ0) is 15.0. The molecule has 2 aromatic carbocycles. The van der Waals surface area contributed by atoms with Crippen LogP contribution in [-0.4, -0.2) is 22.4 Å². The minimum atomic E-state index is -0.833. The van der Waals surface area contributed by atoms with Crippen LogP contribution < -0.4 is 3.07 Å². The first-order valence-corrected chi connectivity index (χ1v) is 8.67. The molecular weight excluding hydrogens is 443 g/mol. The molecule has 0 fully saturated rings. The van der Waals surface area contributed by atoms with Crippen LogP contribution in [0.1, 0.15) is 12.5 Å². The van der Waals surface area contributed by atoms with Gasteiger partial charge in [-0.2, -0.15) is 0 Å². The molecule has 2 N–H and O–H groups in total. The molecule has 5 heteroatoms. The number of phenolic OH excluding ortho intramolecular Hbond substituents is 1. The molecular formula is C15H14HgNO3. The molecule has 0 amide bonds. The number of hydrogen-bond donors (Lipinski definition) is 2. The number of nitrogens with zero attached hydrogens (tertiary/aromatic N) is 1. The van der Waals surface area contributed by atoms with Gasteiger partial charge in [0.2, 0.25) is 0 Å². The van der Waals surface area contributed by atoms with Gasteiger partial charge >= 0.3 is 111 Å². The van der Waals surface area contributed by atoms with Gasteiger partial charge in [0.25, 0.3) is 5.97 Å². The van der Waals surface area contributed by atoms with Crippen LogP contribution in [-0.2, 0) is 30.9 Å². The predicted octanol–water partition coefficient (Wildman–Crippen LogP) is 2.41. The zero-order valence-electron chi connectivity index (χ0n) is 11.2. The summed E-state index contributed by atoms with van der Waals surface area (Å²) in [6.07, 6.45) is 1.68. The van der Waals surface area contributed by atoms with Gasteiger partial charge in [-0.25, -0.2) is 0 Å². The molecule has 4 nitrogen and oxygen atoms in total.